The maximum Gasteiger partial charge on any atom is 0.168 e. The van der Waals surface area contributed by atoms with Gasteiger partial charge in [-0.05, 0) is 12.3 Å². The summed E-state index contributed by atoms with van der Waals surface area (Å²) in [5.74, 6) is -0.284. The molecule has 0 N–H and O–H groups in total. The van der Waals surface area contributed by atoms with Crippen molar-refractivity contribution < 1.29 is 9.59 Å². The second-order valence-corrected chi connectivity index (χ2v) is 4.58. The van der Waals surface area contributed by atoms with Gasteiger partial charge >= 0.3 is 0 Å². The summed E-state index contributed by atoms with van der Waals surface area (Å²) in [5, 5.41) is 1.84. The summed E-state index contributed by atoms with van der Waals surface area (Å²) in [6.07, 6.45) is 3.60. The zero-order valence-corrected chi connectivity index (χ0v) is 10.5. The maximum atomic E-state index is 12.3. The van der Waals surface area contributed by atoms with Gasteiger partial charge in [-0.1, -0.05) is 31.2 Å². The summed E-state index contributed by atoms with van der Waals surface area (Å²) in [7, 11) is 0. The molecule has 3 nitrogen and oxygen atoms in total. The van der Waals surface area contributed by atoms with Crippen LogP contribution in [0.2, 0.25) is 0 Å². The molecular weight excluding hydrogens is 226 g/mol. The fourth-order valence-corrected chi connectivity index (χ4v) is 2.10. The van der Waals surface area contributed by atoms with Crippen LogP contribution in [0.25, 0.3) is 10.8 Å². The van der Waals surface area contributed by atoms with Crippen molar-refractivity contribution in [1.82, 2.24) is 4.98 Å². The largest absolute Gasteiger partial charge is 0.300 e. The number of pyridine rings is 1. The Kier molecular flexibility index (Phi) is 3.51. The summed E-state index contributed by atoms with van der Waals surface area (Å²) in [5.41, 5.74) is 0.599. The van der Waals surface area contributed by atoms with Crippen molar-refractivity contribution in [3.63, 3.8) is 0 Å². The molecule has 0 saturated heterocycles. The lowest BCUT2D eigenvalue weighted by Crippen LogP contribution is -2.15. The van der Waals surface area contributed by atoms with Crippen LogP contribution in [0.15, 0.2) is 36.7 Å². The van der Waals surface area contributed by atoms with Gasteiger partial charge in [0.1, 0.15) is 5.78 Å². The number of fused-ring (bicyclic) bond motifs is 1. The third-order valence-electron chi connectivity index (χ3n) is 2.97. The van der Waals surface area contributed by atoms with E-state index in [-0.39, 0.29) is 23.9 Å². The maximum absolute atomic E-state index is 12.3. The molecule has 1 unspecified atom stereocenters. The van der Waals surface area contributed by atoms with Crippen LogP contribution in [0, 0.1) is 5.92 Å². The van der Waals surface area contributed by atoms with Gasteiger partial charge in [-0.2, -0.15) is 0 Å². The molecule has 0 aliphatic carbocycles. The van der Waals surface area contributed by atoms with Gasteiger partial charge in [0, 0.05) is 35.7 Å². The molecule has 0 spiro atoms. The number of carbonyl (C=O) groups excluding carboxylic acids is 2. The molecule has 2 rings (SSSR count). The van der Waals surface area contributed by atoms with E-state index in [1.165, 1.54) is 6.92 Å². The number of benzene rings is 1. The molecule has 0 fully saturated rings. The first kappa shape index (κ1) is 12.4. The van der Waals surface area contributed by atoms with Crippen LogP contribution < -0.4 is 0 Å². The van der Waals surface area contributed by atoms with Crippen molar-refractivity contribution in [3.8, 4) is 0 Å². The highest BCUT2D eigenvalue weighted by Gasteiger charge is 2.19. The number of Topliss-reactive ketones (excluding diaryl/α,β-unsaturated/α-hetero) is 2. The van der Waals surface area contributed by atoms with Crippen LogP contribution >= 0.6 is 0 Å². The van der Waals surface area contributed by atoms with E-state index in [4.69, 9.17) is 0 Å². The highest BCUT2D eigenvalue weighted by Crippen LogP contribution is 2.21. The van der Waals surface area contributed by atoms with Crippen molar-refractivity contribution in [2.45, 2.75) is 20.3 Å². The average molecular weight is 241 g/mol. The first-order valence-corrected chi connectivity index (χ1v) is 5.96. The second-order valence-electron chi connectivity index (χ2n) is 4.58. The van der Waals surface area contributed by atoms with E-state index < -0.39 is 0 Å². The van der Waals surface area contributed by atoms with Crippen LogP contribution in [0.3, 0.4) is 0 Å². The van der Waals surface area contributed by atoms with E-state index in [1.54, 1.807) is 19.3 Å². The van der Waals surface area contributed by atoms with Gasteiger partial charge in [-0.3, -0.25) is 9.78 Å². The number of hydrogen-bond acceptors (Lipinski definition) is 3. The van der Waals surface area contributed by atoms with Crippen molar-refractivity contribution in [3.05, 3.63) is 42.2 Å². The summed E-state index contributed by atoms with van der Waals surface area (Å²) in [6, 6.07) is 7.64. The molecule has 0 saturated carbocycles. The molecule has 1 atom stereocenters. The quantitative estimate of drug-likeness (QED) is 0.773. The number of carbonyl (C=O) groups is 2. The van der Waals surface area contributed by atoms with Crippen LogP contribution in [0.1, 0.15) is 30.6 Å². The topological polar surface area (TPSA) is 47.0 Å². The van der Waals surface area contributed by atoms with Crippen molar-refractivity contribution in [2.75, 3.05) is 0 Å². The first-order valence-electron chi connectivity index (χ1n) is 5.96. The Hall–Kier alpha value is -2.03. The fraction of sp³-hybridized carbons (Fsp3) is 0.267. The molecule has 1 aromatic heterocycles. The number of nitrogens with zero attached hydrogens (tertiary/aromatic N) is 1. The van der Waals surface area contributed by atoms with Crippen LogP contribution in [0.5, 0.6) is 0 Å². The van der Waals surface area contributed by atoms with Crippen molar-refractivity contribution in [1.29, 1.82) is 0 Å². The number of rotatable bonds is 4. The number of aromatic nitrogens is 1. The van der Waals surface area contributed by atoms with E-state index in [9.17, 15) is 9.59 Å². The summed E-state index contributed by atoms with van der Waals surface area (Å²) >= 11 is 0. The molecule has 18 heavy (non-hydrogen) atoms. The number of hydrogen-bond donors (Lipinski definition) is 0. The summed E-state index contributed by atoms with van der Waals surface area (Å²) in [4.78, 5) is 27.5. The Bertz CT molecular complexity index is 599. The Morgan fingerprint density at radius 1 is 1.22 bits per heavy atom. The van der Waals surface area contributed by atoms with Crippen LogP contribution in [-0.2, 0) is 4.79 Å². The van der Waals surface area contributed by atoms with E-state index in [0.29, 0.717) is 5.56 Å². The molecule has 3 heteroatoms. The lowest BCUT2D eigenvalue weighted by molar-refractivity contribution is -0.117. The van der Waals surface area contributed by atoms with Crippen molar-refractivity contribution in [2.24, 2.45) is 5.92 Å². The molecule has 1 aromatic carbocycles. The fourth-order valence-electron chi connectivity index (χ4n) is 2.10. The van der Waals surface area contributed by atoms with Gasteiger partial charge < -0.3 is 4.79 Å². The highest BCUT2D eigenvalue weighted by atomic mass is 16.1. The molecule has 2 aromatic rings. The average Bonchev–Trinajstić information content (AvgIpc) is 2.36. The third kappa shape index (κ3) is 2.45. The Morgan fingerprint density at radius 2 is 1.94 bits per heavy atom. The standard InChI is InChI=1S/C15H15NO2/c1-10(7-11(2)17)15(18)14-9-16-8-12-5-3-4-6-13(12)14/h3-6,8-10H,7H2,1-2H3. The van der Waals surface area contributed by atoms with E-state index in [1.807, 2.05) is 24.3 Å². The molecule has 0 bridgehead atoms. The number of ketones is 2. The lowest BCUT2D eigenvalue weighted by atomic mass is 9.93. The first-order chi connectivity index (χ1) is 8.59. The highest BCUT2D eigenvalue weighted by molar-refractivity contribution is 6.09. The molecule has 92 valence electrons. The molecule has 0 amide bonds. The minimum absolute atomic E-state index is 0.0190. The molecule has 1 heterocycles. The Morgan fingerprint density at radius 3 is 2.67 bits per heavy atom. The van der Waals surface area contributed by atoms with Gasteiger partial charge in [0.05, 0.1) is 0 Å². The molecule has 0 aliphatic heterocycles. The van der Waals surface area contributed by atoms with Gasteiger partial charge in [0.25, 0.3) is 0 Å². The molecular formula is C15H15NO2. The lowest BCUT2D eigenvalue weighted by Gasteiger charge is -2.10. The van der Waals surface area contributed by atoms with Crippen LogP contribution in [0.4, 0.5) is 0 Å². The predicted octanol–water partition coefficient (Wildman–Crippen LogP) is 3.03. The van der Waals surface area contributed by atoms with Gasteiger partial charge in [-0.25, -0.2) is 0 Å². The van der Waals surface area contributed by atoms with Gasteiger partial charge in [0.2, 0.25) is 0 Å². The normalized spacial score (nSPS) is 12.3. The second kappa shape index (κ2) is 5.08. The minimum atomic E-state index is -0.296. The molecule has 0 aliphatic rings. The van der Waals surface area contributed by atoms with Gasteiger partial charge in [-0.15, -0.1) is 0 Å². The summed E-state index contributed by atoms with van der Waals surface area (Å²) in [6.45, 7) is 3.29. The Labute approximate surface area is 106 Å². The van der Waals surface area contributed by atoms with E-state index >= 15 is 0 Å². The predicted molar refractivity (Wildman–Crippen MR) is 70.5 cm³/mol. The Balaban J connectivity index is 2.42. The summed E-state index contributed by atoms with van der Waals surface area (Å²) < 4.78 is 0. The zero-order valence-electron chi connectivity index (χ0n) is 10.5. The third-order valence-corrected chi connectivity index (χ3v) is 2.97. The van der Waals surface area contributed by atoms with E-state index in [0.717, 1.165) is 10.8 Å². The van der Waals surface area contributed by atoms with Gasteiger partial charge in [0.15, 0.2) is 5.78 Å². The monoisotopic (exact) mass is 241 g/mol. The van der Waals surface area contributed by atoms with E-state index in [2.05, 4.69) is 4.98 Å². The smallest absolute Gasteiger partial charge is 0.168 e. The molecule has 0 radical (unpaired) electrons. The van der Waals surface area contributed by atoms with Crippen LogP contribution in [-0.4, -0.2) is 16.6 Å². The zero-order chi connectivity index (χ0) is 13.1. The van der Waals surface area contributed by atoms with Crippen molar-refractivity contribution >= 4 is 22.3 Å². The minimum Gasteiger partial charge on any atom is -0.300 e. The SMILES string of the molecule is CC(=O)CC(C)C(=O)c1cncc2ccccc12.